The van der Waals surface area contributed by atoms with E-state index in [-0.39, 0.29) is 34.5 Å². The van der Waals surface area contributed by atoms with Crippen molar-refractivity contribution in [3.8, 4) is 0 Å². The quantitative estimate of drug-likeness (QED) is 0.386. The Bertz CT molecular complexity index is 785. The average Bonchev–Trinajstić information content (AvgIpc) is 2.54. The van der Waals surface area contributed by atoms with Gasteiger partial charge in [0, 0.05) is 0 Å². The first-order valence-corrected chi connectivity index (χ1v) is 10.4. The second-order valence-electron chi connectivity index (χ2n) is 6.47. The monoisotopic (exact) mass is 370 g/mol. The Morgan fingerprint density at radius 2 is 1.48 bits per heavy atom. The molecule has 0 aromatic heterocycles. The van der Waals surface area contributed by atoms with E-state index in [1.807, 2.05) is 6.07 Å². The molecule has 0 N–H and O–H groups in total. The summed E-state index contributed by atoms with van der Waals surface area (Å²) in [6, 6.07) is 9.46. The third-order valence-corrected chi connectivity index (χ3v) is 5.44. The first-order valence-electron chi connectivity index (χ1n) is 8.97. The molecule has 0 saturated heterocycles. The summed E-state index contributed by atoms with van der Waals surface area (Å²) < 4.78 is 35.0. The van der Waals surface area contributed by atoms with E-state index >= 15 is 0 Å². The van der Waals surface area contributed by atoms with Gasteiger partial charge in [-0.1, -0.05) is 63.8 Å². The van der Waals surface area contributed by atoms with Crippen molar-refractivity contribution >= 4 is 20.9 Å². The van der Waals surface area contributed by atoms with E-state index in [2.05, 4.69) is 26.0 Å². The Hall–Kier alpha value is -0.390. The number of unbranched alkanes of at least 4 members (excludes halogenated alkanes) is 4. The summed E-state index contributed by atoms with van der Waals surface area (Å²) in [6.07, 6.45) is 8.13. The third kappa shape index (κ3) is 6.37. The fourth-order valence-corrected chi connectivity index (χ4v) is 3.94. The van der Waals surface area contributed by atoms with E-state index in [1.54, 1.807) is 6.07 Å². The average molecular weight is 370 g/mol. The number of hydrogen-bond donors (Lipinski definition) is 0. The molecule has 0 aliphatic carbocycles. The Kier molecular flexibility index (Phi) is 9.68. The molecule has 25 heavy (non-hydrogen) atoms. The minimum atomic E-state index is -4.45. The van der Waals surface area contributed by atoms with Gasteiger partial charge in [-0.2, -0.15) is 0 Å². The summed E-state index contributed by atoms with van der Waals surface area (Å²) in [6.45, 7) is 4.29. The van der Waals surface area contributed by atoms with E-state index in [0.717, 1.165) is 42.9 Å². The predicted molar refractivity (Wildman–Crippen MR) is 98.4 cm³/mol. The van der Waals surface area contributed by atoms with Crippen molar-refractivity contribution in [2.24, 2.45) is 0 Å². The molecule has 3 nitrogen and oxygen atoms in total. The van der Waals surface area contributed by atoms with Crippen LogP contribution in [0, 0.1) is 0 Å². The minimum Gasteiger partial charge on any atom is -0.744 e. The summed E-state index contributed by atoms with van der Waals surface area (Å²) in [7, 11) is -4.45. The zero-order valence-corrected chi connectivity index (χ0v) is 18.5. The van der Waals surface area contributed by atoms with Crippen LogP contribution in [0.3, 0.4) is 0 Å². The van der Waals surface area contributed by atoms with Crippen LogP contribution < -0.4 is 29.6 Å². The molecule has 0 spiro atoms. The van der Waals surface area contributed by atoms with Gasteiger partial charge < -0.3 is 4.55 Å². The molecule has 2 rings (SSSR count). The Labute approximate surface area is 174 Å². The molecule has 0 fully saturated rings. The van der Waals surface area contributed by atoms with Gasteiger partial charge in [-0.3, -0.25) is 0 Å². The van der Waals surface area contributed by atoms with Crippen LogP contribution in [0.25, 0.3) is 10.8 Å². The van der Waals surface area contributed by atoms with Crippen LogP contribution in [-0.4, -0.2) is 13.0 Å². The van der Waals surface area contributed by atoms with Crippen LogP contribution in [0.4, 0.5) is 0 Å². The molecule has 0 radical (unpaired) electrons. The maximum absolute atomic E-state index is 11.7. The summed E-state index contributed by atoms with van der Waals surface area (Å²) in [5, 5.41) is 1.94. The van der Waals surface area contributed by atoms with Gasteiger partial charge in [-0.05, 0) is 53.6 Å². The van der Waals surface area contributed by atoms with Crippen molar-refractivity contribution in [1.82, 2.24) is 0 Å². The maximum atomic E-state index is 11.7. The molecule has 2 aromatic carbocycles. The second-order valence-corrected chi connectivity index (χ2v) is 7.81. The number of rotatable bonds is 9. The van der Waals surface area contributed by atoms with Crippen LogP contribution >= 0.6 is 0 Å². The molecule has 0 bridgehead atoms. The van der Waals surface area contributed by atoms with Crippen LogP contribution in [-0.2, 0) is 23.0 Å². The largest absolute Gasteiger partial charge is 1.00 e. The van der Waals surface area contributed by atoms with Crippen LogP contribution in [0.2, 0.25) is 0 Å². The Morgan fingerprint density at radius 3 is 2.08 bits per heavy atom. The maximum Gasteiger partial charge on any atom is 1.00 e. The Balaban J connectivity index is 0.00000312. The van der Waals surface area contributed by atoms with E-state index in [4.69, 9.17) is 0 Å². The van der Waals surface area contributed by atoms with Crippen LogP contribution in [0.5, 0.6) is 0 Å². The van der Waals surface area contributed by atoms with Crippen molar-refractivity contribution < 1.29 is 42.5 Å². The summed E-state index contributed by atoms with van der Waals surface area (Å²) in [4.78, 5) is -0.0446. The van der Waals surface area contributed by atoms with Crippen LogP contribution in [0.1, 0.15) is 63.5 Å². The molecule has 0 heterocycles. The molecule has 0 unspecified atom stereocenters. The third-order valence-electron chi connectivity index (χ3n) is 4.52. The van der Waals surface area contributed by atoms with E-state index < -0.39 is 10.1 Å². The van der Waals surface area contributed by atoms with Crippen molar-refractivity contribution in [1.29, 1.82) is 0 Å². The standard InChI is InChI=1S/C20H28O3S.Na/c1-3-5-7-9-16-11-12-17-13-14-20(24(21,22)23)18(19(17)15-16)10-8-6-4-2;/h11-15H,3-10H2,1-2H3,(H,21,22,23);/q;+1/p-1. The summed E-state index contributed by atoms with van der Waals surface area (Å²) in [5.41, 5.74) is 1.92. The predicted octanol–water partition coefficient (Wildman–Crippen LogP) is 2.21. The molecule has 0 saturated carbocycles. The van der Waals surface area contributed by atoms with E-state index in [1.165, 1.54) is 24.5 Å². The molecule has 0 amide bonds. The molecular weight excluding hydrogens is 343 g/mol. The zero-order chi connectivity index (χ0) is 17.6. The van der Waals surface area contributed by atoms with Crippen molar-refractivity contribution in [2.75, 3.05) is 0 Å². The van der Waals surface area contributed by atoms with Gasteiger partial charge >= 0.3 is 29.6 Å². The smallest absolute Gasteiger partial charge is 0.744 e. The molecule has 132 valence electrons. The number of benzene rings is 2. The Morgan fingerprint density at radius 1 is 0.880 bits per heavy atom. The van der Waals surface area contributed by atoms with Gasteiger partial charge in [0.15, 0.2) is 0 Å². The first kappa shape index (κ1) is 22.7. The fourth-order valence-electron chi connectivity index (χ4n) is 3.19. The fraction of sp³-hybridized carbons (Fsp3) is 0.500. The van der Waals surface area contributed by atoms with Crippen LogP contribution in [0.15, 0.2) is 35.2 Å². The SMILES string of the molecule is CCCCCc1ccc2ccc(S(=O)(=O)[O-])c(CCCCC)c2c1.[Na+]. The van der Waals surface area contributed by atoms with E-state index in [0.29, 0.717) is 12.0 Å². The van der Waals surface area contributed by atoms with Crippen molar-refractivity contribution in [2.45, 2.75) is 70.1 Å². The zero-order valence-electron chi connectivity index (χ0n) is 15.7. The number of aryl methyl sites for hydroxylation is 2. The van der Waals surface area contributed by atoms with Crippen molar-refractivity contribution in [3.63, 3.8) is 0 Å². The first-order chi connectivity index (χ1) is 11.5. The van der Waals surface area contributed by atoms with Gasteiger partial charge in [0.1, 0.15) is 10.1 Å². The van der Waals surface area contributed by atoms with Crippen molar-refractivity contribution in [3.05, 3.63) is 41.5 Å². The number of fused-ring (bicyclic) bond motifs is 1. The molecule has 0 atom stereocenters. The van der Waals surface area contributed by atoms with Gasteiger partial charge in [-0.25, -0.2) is 8.42 Å². The molecule has 2 aromatic rings. The topological polar surface area (TPSA) is 57.2 Å². The normalized spacial score (nSPS) is 11.5. The molecule has 5 heteroatoms. The van der Waals surface area contributed by atoms with E-state index in [9.17, 15) is 13.0 Å². The summed E-state index contributed by atoms with van der Waals surface area (Å²) >= 11 is 0. The number of hydrogen-bond acceptors (Lipinski definition) is 3. The van der Waals surface area contributed by atoms with Gasteiger partial charge in [0.05, 0.1) is 4.90 Å². The van der Waals surface area contributed by atoms with Gasteiger partial charge in [-0.15, -0.1) is 0 Å². The molecule has 0 aliphatic heterocycles. The second kappa shape index (κ2) is 10.7. The molecular formula is C20H27NaO3S. The van der Waals surface area contributed by atoms with Gasteiger partial charge in [0.2, 0.25) is 0 Å². The molecule has 0 aliphatic rings. The summed E-state index contributed by atoms with van der Waals surface area (Å²) in [5.74, 6) is 0. The van der Waals surface area contributed by atoms with Gasteiger partial charge in [0.25, 0.3) is 0 Å². The minimum absolute atomic E-state index is 0.